The van der Waals surface area contributed by atoms with Crippen molar-refractivity contribution in [1.29, 1.82) is 0 Å². The Kier molecular flexibility index (Phi) is 3.31. The van der Waals surface area contributed by atoms with E-state index in [0.29, 0.717) is 10.2 Å². The van der Waals surface area contributed by atoms with E-state index in [2.05, 4.69) is 5.32 Å². The Morgan fingerprint density at radius 3 is 2.75 bits per heavy atom. The average molecular weight is 202 g/mol. The molecule has 0 bridgehead atoms. The number of benzene rings is 1. The number of ether oxygens (including phenoxy) is 1. The van der Waals surface area contributed by atoms with Crippen LogP contribution >= 0.6 is 23.8 Å². The Morgan fingerprint density at radius 2 is 2.17 bits per heavy atom. The fourth-order valence-electron chi connectivity index (χ4n) is 0.724. The molecule has 0 unspecified atom stereocenters. The van der Waals surface area contributed by atoms with Crippen LogP contribution in [0, 0.1) is 0 Å². The lowest BCUT2D eigenvalue weighted by Crippen LogP contribution is -2.10. The molecule has 0 aromatic heterocycles. The van der Waals surface area contributed by atoms with E-state index in [1.165, 1.54) is 7.11 Å². The molecule has 2 nitrogen and oxygen atoms in total. The molecule has 0 aliphatic heterocycles. The summed E-state index contributed by atoms with van der Waals surface area (Å²) >= 11 is 10.7. The molecule has 1 aromatic carbocycles. The summed E-state index contributed by atoms with van der Waals surface area (Å²) in [6, 6.07) is 7.33. The summed E-state index contributed by atoms with van der Waals surface area (Å²) < 4.78 is 4.77. The molecule has 0 heterocycles. The number of halogens is 1. The number of thiocarbonyl (C=S) groups is 1. The molecule has 0 amide bonds. The molecule has 0 radical (unpaired) electrons. The van der Waals surface area contributed by atoms with Crippen LogP contribution in [0.2, 0.25) is 5.02 Å². The highest BCUT2D eigenvalue weighted by Crippen LogP contribution is 2.20. The van der Waals surface area contributed by atoms with Crippen LogP contribution in [0.4, 0.5) is 5.69 Å². The standard InChI is InChI=1S/C8H8ClNOS/c1-11-8(12)10-7-5-3-2-4-6(7)9/h2-5H,1H3,(H,10,12). The molecular weight excluding hydrogens is 194 g/mol. The lowest BCUT2D eigenvalue weighted by Gasteiger charge is -2.06. The predicted octanol–water partition coefficient (Wildman–Crippen LogP) is 2.68. The van der Waals surface area contributed by atoms with E-state index >= 15 is 0 Å². The first-order chi connectivity index (χ1) is 5.74. The third-order valence-corrected chi connectivity index (χ3v) is 1.89. The molecule has 4 heteroatoms. The van der Waals surface area contributed by atoms with Gasteiger partial charge >= 0.3 is 0 Å². The zero-order chi connectivity index (χ0) is 8.97. The fraction of sp³-hybridized carbons (Fsp3) is 0.125. The second kappa shape index (κ2) is 4.28. The molecule has 1 rings (SSSR count). The summed E-state index contributed by atoms with van der Waals surface area (Å²) in [5.41, 5.74) is 0.756. The summed E-state index contributed by atoms with van der Waals surface area (Å²) in [7, 11) is 1.51. The van der Waals surface area contributed by atoms with Crippen LogP contribution in [0.25, 0.3) is 0 Å². The first-order valence-corrected chi connectivity index (χ1v) is 4.12. The monoisotopic (exact) mass is 201 g/mol. The van der Waals surface area contributed by atoms with E-state index < -0.39 is 0 Å². The Morgan fingerprint density at radius 1 is 1.50 bits per heavy atom. The van der Waals surface area contributed by atoms with Crippen molar-refractivity contribution in [2.75, 3.05) is 12.4 Å². The predicted molar refractivity (Wildman–Crippen MR) is 54.7 cm³/mol. The Bertz CT molecular complexity index is 290. The summed E-state index contributed by atoms with van der Waals surface area (Å²) in [4.78, 5) is 0. The molecule has 0 fully saturated rings. The minimum absolute atomic E-state index is 0.308. The van der Waals surface area contributed by atoms with Gasteiger partial charge in [0.2, 0.25) is 0 Å². The summed E-state index contributed by atoms with van der Waals surface area (Å²) in [5.74, 6) is 0. The number of para-hydroxylation sites is 1. The minimum atomic E-state index is 0.308. The maximum absolute atomic E-state index is 5.85. The van der Waals surface area contributed by atoms with Crippen molar-refractivity contribution in [3.05, 3.63) is 29.3 Å². The van der Waals surface area contributed by atoms with Crippen molar-refractivity contribution in [2.24, 2.45) is 0 Å². The first kappa shape index (κ1) is 9.29. The van der Waals surface area contributed by atoms with E-state index in [0.717, 1.165) is 5.69 Å². The molecule has 0 spiro atoms. The Hall–Kier alpha value is -0.800. The molecule has 0 saturated carbocycles. The van der Waals surface area contributed by atoms with Crippen LogP contribution in [-0.4, -0.2) is 12.3 Å². The van der Waals surface area contributed by atoms with Gasteiger partial charge in [0.15, 0.2) is 0 Å². The Balaban J connectivity index is 2.75. The van der Waals surface area contributed by atoms with Crippen LogP contribution in [-0.2, 0) is 4.74 Å². The van der Waals surface area contributed by atoms with Gasteiger partial charge in [-0.2, -0.15) is 0 Å². The normalized spacial score (nSPS) is 9.17. The first-order valence-electron chi connectivity index (χ1n) is 3.33. The van der Waals surface area contributed by atoms with Crippen molar-refractivity contribution in [3.8, 4) is 0 Å². The number of methoxy groups -OCH3 is 1. The fourth-order valence-corrected chi connectivity index (χ4v) is 1.02. The lowest BCUT2D eigenvalue weighted by molar-refractivity contribution is 0.413. The molecule has 0 atom stereocenters. The molecular formula is C8H8ClNOS. The van der Waals surface area contributed by atoms with Gasteiger partial charge in [0.05, 0.1) is 17.8 Å². The number of nitrogens with one attached hydrogen (secondary N) is 1. The zero-order valence-electron chi connectivity index (χ0n) is 6.50. The van der Waals surface area contributed by atoms with Crippen molar-refractivity contribution in [2.45, 2.75) is 0 Å². The van der Waals surface area contributed by atoms with Gasteiger partial charge in [-0.1, -0.05) is 23.7 Å². The minimum Gasteiger partial charge on any atom is -0.474 e. The molecule has 1 aromatic rings. The highest BCUT2D eigenvalue weighted by Gasteiger charge is 1.99. The molecule has 64 valence electrons. The van der Waals surface area contributed by atoms with Crippen molar-refractivity contribution in [1.82, 2.24) is 0 Å². The van der Waals surface area contributed by atoms with Crippen molar-refractivity contribution in [3.63, 3.8) is 0 Å². The lowest BCUT2D eigenvalue weighted by atomic mass is 10.3. The quantitative estimate of drug-likeness (QED) is 0.706. The number of hydrogen-bond donors (Lipinski definition) is 1. The Labute approximate surface area is 81.5 Å². The van der Waals surface area contributed by atoms with E-state index in [9.17, 15) is 0 Å². The smallest absolute Gasteiger partial charge is 0.260 e. The molecule has 12 heavy (non-hydrogen) atoms. The summed E-state index contributed by atoms with van der Waals surface area (Å²) in [6.07, 6.45) is 0. The second-order valence-corrected chi connectivity index (χ2v) is 2.87. The van der Waals surface area contributed by atoms with Crippen LogP contribution in [0.3, 0.4) is 0 Å². The van der Waals surface area contributed by atoms with Gasteiger partial charge in [-0.15, -0.1) is 0 Å². The van der Waals surface area contributed by atoms with Gasteiger partial charge < -0.3 is 10.1 Å². The van der Waals surface area contributed by atoms with Crippen molar-refractivity contribution >= 4 is 34.7 Å². The van der Waals surface area contributed by atoms with Gasteiger partial charge in [-0.3, -0.25) is 0 Å². The highest BCUT2D eigenvalue weighted by atomic mass is 35.5. The SMILES string of the molecule is COC(=S)Nc1ccccc1Cl. The summed E-state index contributed by atoms with van der Waals surface area (Å²) in [5, 5.41) is 3.77. The zero-order valence-corrected chi connectivity index (χ0v) is 8.08. The maximum Gasteiger partial charge on any atom is 0.260 e. The number of rotatable bonds is 1. The largest absolute Gasteiger partial charge is 0.474 e. The van der Waals surface area contributed by atoms with E-state index in [1.807, 2.05) is 18.2 Å². The highest BCUT2D eigenvalue weighted by molar-refractivity contribution is 7.80. The van der Waals surface area contributed by atoms with Gasteiger partial charge in [-0.05, 0) is 24.4 Å². The topological polar surface area (TPSA) is 21.3 Å². The van der Waals surface area contributed by atoms with Gasteiger partial charge in [0.1, 0.15) is 0 Å². The van der Waals surface area contributed by atoms with E-state index in [4.69, 9.17) is 28.6 Å². The van der Waals surface area contributed by atoms with Gasteiger partial charge in [-0.25, -0.2) is 0 Å². The van der Waals surface area contributed by atoms with Gasteiger partial charge in [0.25, 0.3) is 5.17 Å². The average Bonchev–Trinajstić information content (AvgIpc) is 2.09. The van der Waals surface area contributed by atoms with Crippen LogP contribution in [0.15, 0.2) is 24.3 Å². The van der Waals surface area contributed by atoms with Crippen LogP contribution in [0.5, 0.6) is 0 Å². The summed E-state index contributed by atoms with van der Waals surface area (Å²) in [6.45, 7) is 0. The van der Waals surface area contributed by atoms with Gasteiger partial charge in [0, 0.05) is 0 Å². The second-order valence-electron chi connectivity index (χ2n) is 2.10. The van der Waals surface area contributed by atoms with Crippen molar-refractivity contribution < 1.29 is 4.74 Å². The molecule has 0 aliphatic carbocycles. The van der Waals surface area contributed by atoms with E-state index in [-0.39, 0.29) is 0 Å². The third kappa shape index (κ3) is 2.36. The van der Waals surface area contributed by atoms with Crippen LogP contribution < -0.4 is 5.32 Å². The molecule has 0 aliphatic rings. The third-order valence-electron chi connectivity index (χ3n) is 1.30. The van der Waals surface area contributed by atoms with E-state index in [1.54, 1.807) is 6.07 Å². The number of hydrogen-bond acceptors (Lipinski definition) is 2. The molecule has 1 N–H and O–H groups in total. The van der Waals surface area contributed by atoms with Crippen LogP contribution in [0.1, 0.15) is 0 Å². The number of anilines is 1. The molecule has 0 saturated heterocycles. The maximum atomic E-state index is 5.85.